The zero-order valence-corrected chi connectivity index (χ0v) is 20.1. The van der Waals surface area contributed by atoms with Crippen LogP contribution in [-0.2, 0) is 27.5 Å². The van der Waals surface area contributed by atoms with Crippen LogP contribution in [0, 0.1) is 11.6 Å². The Hall–Kier alpha value is -1.75. The van der Waals surface area contributed by atoms with Gasteiger partial charge in [-0.1, -0.05) is 18.2 Å². The zero-order chi connectivity index (χ0) is 21.1. The predicted molar refractivity (Wildman–Crippen MR) is 126 cm³/mol. The highest BCUT2D eigenvalue weighted by molar-refractivity contribution is 14.0. The molecular formula is C21H26F2IN3O2S. The summed E-state index contributed by atoms with van der Waals surface area (Å²) in [5.41, 5.74) is 1.96. The van der Waals surface area contributed by atoms with E-state index in [0.717, 1.165) is 24.7 Å². The molecule has 0 aromatic heterocycles. The third-order valence-electron chi connectivity index (χ3n) is 5.14. The molecule has 0 aliphatic heterocycles. The molecule has 1 saturated carbocycles. The summed E-state index contributed by atoms with van der Waals surface area (Å²) in [5, 5.41) is 6.35. The molecule has 30 heavy (non-hydrogen) atoms. The number of hydrogen-bond acceptors (Lipinski definition) is 3. The first-order chi connectivity index (χ1) is 13.7. The van der Waals surface area contributed by atoms with Gasteiger partial charge in [0.05, 0.1) is 5.75 Å². The van der Waals surface area contributed by atoms with E-state index in [0.29, 0.717) is 23.6 Å². The summed E-state index contributed by atoms with van der Waals surface area (Å²) in [4.78, 5) is 4.18. The van der Waals surface area contributed by atoms with Crippen LogP contribution in [0.2, 0.25) is 0 Å². The standard InChI is InChI=1S/C21H25F2N3O2S.HI/c1-24-20(26-14-21(8-9-21)17-4-3-5-18(22)11-17)25-12-16-10-19(23)7-6-15(16)13-29(2,27)28;/h3-7,10-11H,8-9,12-14H2,1-2H3,(H2,24,25,26);1H. The van der Waals surface area contributed by atoms with Crippen molar-refractivity contribution in [2.75, 3.05) is 19.8 Å². The van der Waals surface area contributed by atoms with E-state index in [1.54, 1.807) is 19.2 Å². The van der Waals surface area contributed by atoms with Gasteiger partial charge in [-0.2, -0.15) is 0 Å². The number of halogens is 3. The van der Waals surface area contributed by atoms with Crippen LogP contribution < -0.4 is 10.6 Å². The second-order valence-corrected chi connectivity index (χ2v) is 9.69. The van der Waals surface area contributed by atoms with E-state index in [-0.39, 0.29) is 47.5 Å². The number of nitrogens with one attached hydrogen (secondary N) is 2. The molecule has 9 heteroatoms. The van der Waals surface area contributed by atoms with Crippen LogP contribution in [0.5, 0.6) is 0 Å². The average Bonchev–Trinajstić information content (AvgIpc) is 3.44. The number of hydrogen-bond donors (Lipinski definition) is 2. The largest absolute Gasteiger partial charge is 0.356 e. The van der Waals surface area contributed by atoms with Crippen molar-refractivity contribution in [2.24, 2.45) is 4.99 Å². The Morgan fingerprint density at radius 1 is 1.07 bits per heavy atom. The number of aliphatic imine (C=N–C) groups is 1. The Labute approximate surface area is 193 Å². The number of nitrogens with zero attached hydrogens (tertiary/aromatic N) is 1. The molecule has 1 aliphatic carbocycles. The smallest absolute Gasteiger partial charge is 0.191 e. The van der Waals surface area contributed by atoms with Crippen LogP contribution in [0.25, 0.3) is 0 Å². The predicted octanol–water partition coefficient (Wildman–Crippen LogP) is 3.52. The molecule has 0 bridgehead atoms. The number of guanidine groups is 1. The number of sulfone groups is 1. The van der Waals surface area contributed by atoms with E-state index in [1.165, 1.54) is 24.3 Å². The van der Waals surface area contributed by atoms with Crippen molar-refractivity contribution in [1.29, 1.82) is 0 Å². The molecule has 164 valence electrons. The minimum absolute atomic E-state index is 0. The van der Waals surface area contributed by atoms with E-state index in [9.17, 15) is 17.2 Å². The van der Waals surface area contributed by atoms with Gasteiger partial charge in [-0.3, -0.25) is 4.99 Å². The van der Waals surface area contributed by atoms with Gasteiger partial charge in [-0.15, -0.1) is 24.0 Å². The first-order valence-electron chi connectivity index (χ1n) is 9.36. The summed E-state index contributed by atoms with van der Waals surface area (Å²) >= 11 is 0. The van der Waals surface area contributed by atoms with Gasteiger partial charge in [-0.05, 0) is 53.8 Å². The molecule has 0 saturated heterocycles. The topological polar surface area (TPSA) is 70.6 Å². The van der Waals surface area contributed by atoms with Gasteiger partial charge < -0.3 is 10.6 Å². The molecule has 1 aliphatic rings. The lowest BCUT2D eigenvalue weighted by Gasteiger charge is -2.19. The summed E-state index contributed by atoms with van der Waals surface area (Å²) in [5.74, 6) is -0.313. The number of rotatable bonds is 7. The van der Waals surface area contributed by atoms with Crippen LogP contribution in [0.1, 0.15) is 29.5 Å². The highest BCUT2D eigenvalue weighted by atomic mass is 127. The summed E-state index contributed by atoms with van der Waals surface area (Å²) in [6.07, 6.45) is 3.07. The maximum absolute atomic E-state index is 13.7. The van der Waals surface area contributed by atoms with Crippen molar-refractivity contribution in [1.82, 2.24) is 10.6 Å². The van der Waals surface area contributed by atoms with Crippen molar-refractivity contribution in [2.45, 2.75) is 30.6 Å². The monoisotopic (exact) mass is 549 g/mol. The molecule has 1 fully saturated rings. The van der Waals surface area contributed by atoms with Crippen molar-refractivity contribution in [3.8, 4) is 0 Å². The van der Waals surface area contributed by atoms with Crippen molar-refractivity contribution in [3.05, 3.63) is 70.8 Å². The van der Waals surface area contributed by atoms with E-state index < -0.39 is 15.7 Å². The van der Waals surface area contributed by atoms with Crippen molar-refractivity contribution < 1.29 is 17.2 Å². The van der Waals surface area contributed by atoms with Gasteiger partial charge in [0.2, 0.25) is 0 Å². The van der Waals surface area contributed by atoms with Gasteiger partial charge in [-0.25, -0.2) is 17.2 Å². The van der Waals surface area contributed by atoms with Gasteiger partial charge in [0.25, 0.3) is 0 Å². The van der Waals surface area contributed by atoms with Crippen LogP contribution in [-0.4, -0.2) is 34.2 Å². The molecule has 5 nitrogen and oxygen atoms in total. The second-order valence-electron chi connectivity index (χ2n) is 7.55. The summed E-state index contributed by atoms with van der Waals surface area (Å²) in [6, 6.07) is 10.7. The van der Waals surface area contributed by atoms with E-state index >= 15 is 0 Å². The molecule has 0 heterocycles. The molecule has 0 unspecified atom stereocenters. The summed E-state index contributed by atoms with van der Waals surface area (Å²) in [6.45, 7) is 0.824. The Morgan fingerprint density at radius 2 is 1.77 bits per heavy atom. The third-order valence-corrected chi connectivity index (χ3v) is 5.98. The lowest BCUT2D eigenvalue weighted by Crippen LogP contribution is -2.41. The van der Waals surface area contributed by atoms with Gasteiger partial charge in [0.1, 0.15) is 11.6 Å². The van der Waals surface area contributed by atoms with E-state index in [1.807, 2.05) is 6.07 Å². The average molecular weight is 549 g/mol. The maximum atomic E-state index is 13.7. The van der Waals surface area contributed by atoms with Gasteiger partial charge in [0.15, 0.2) is 15.8 Å². The Kier molecular flexibility index (Phi) is 8.20. The quantitative estimate of drug-likeness (QED) is 0.315. The lowest BCUT2D eigenvalue weighted by molar-refractivity contribution is 0.599. The Balaban J connectivity index is 0.00000320. The number of benzene rings is 2. The van der Waals surface area contributed by atoms with Crippen molar-refractivity contribution >= 4 is 39.8 Å². The Bertz CT molecular complexity index is 1020. The lowest BCUT2D eigenvalue weighted by atomic mass is 9.96. The highest BCUT2D eigenvalue weighted by Crippen LogP contribution is 2.47. The Morgan fingerprint density at radius 3 is 2.37 bits per heavy atom. The first kappa shape index (κ1) is 24.5. The molecule has 2 aromatic rings. The molecule has 0 amide bonds. The minimum Gasteiger partial charge on any atom is -0.356 e. The fraction of sp³-hybridized carbons (Fsp3) is 0.381. The normalized spacial score (nSPS) is 15.3. The maximum Gasteiger partial charge on any atom is 0.191 e. The van der Waals surface area contributed by atoms with Crippen molar-refractivity contribution in [3.63, 3.8) is 0 Å². The SMILES string of the molecule is CN=C(NCc1cc(F)ccc1CS(C)(=O)=O)NCC1(c2cccc(F)c2)CC1.I. The fourth-order valence-electron chi connectivity index (χ4n) is 3.37. The third kappa shape index (κ3) is 6.63. The molecular weight excluding hydrogens is 523 g/mol. The minimum atomic E-state index is -3.24. The van der Waals surface area contributed by atoms with Gasteiger partial charge >= 0.3 is 0 Å². The first-order valence-corrected chi connectivity index (χ1v) is 11.4. The molecule has 2 N–H and O–H groups in total. The molecule has 2 aromatic carbocycles. The van der Waals surface area contributed by atoms with Crippen LogP contribution in [0.15, 0.2) is 47.5 Å². The van der Waals surface area contributed by atoms with Crippen LogP contribution in [0.4, 0.5) is 8.78 Å². The second kappa shape index (κ2) is 10.0. The highest BCUT2D eigenvalue weighted by Gasteiger charge is 2.44. The van der Waals surface area contributed by atoms with E-state index in [2.05, 4.69) is 15.6 Å². The molecule has 0 radical (unpaired) electrons. The van der Waals surface area contributed by atoms with E-state index in [4.69, 9.17) is 0 Å². The molecule has 0 spiro atoms. The van der Waals surface area contributed by atoms with Gasteiger partial charge in [0, 0.05) is 31.8 Å². The van der Waals surface area contributed by atoms with Crippen LogP contribution >= 0.6 is 24.0 Å². The van der Waals surface area contributed by atoms with Crippen LogP contribution in [0.3, 0.4) is 0 Å². The molecule has 3 rings (SSSR count). The molecule has 0 atom stereocenters. The zero-order valence-electron chi connectivity index (χ0n) is 16.9. The fourth-order valence-corrected chi connectivity index (χ4v) is 4.22. The summed E-state index contributed by atoms with van der Waals surface area (Å²) < 4.78 is 50.5. The summed E-state index contributed by atoms with van der Waals surface area (Å²) in [7, 11) is -1.61.